The molecule has 2 N–H and O–H groups in total. The van der Waals surface area contributed by atoms with Crippen LogP contribution in [0.25, 0.3) is 10.9 Å². The van der Waals surface area contributed by atoms with E-state index >= 15 is 0 Å². The Bertz CT molecular complexity index is 1330. The molecule has 180 valence electrons. The number of aliphatic imine (C=N–C) groups is 1. The van der Waals surface area contributed by atoms with Gasteiger partial charge in [-0.1, -0.05) is 31.9 Å². The molecule has 0 saturated carbocycles. The van der Waals surface area contributed by atoms with Gasteiger partial charge in [0, 0.05) is 41.4 Å². The Labute approximate surface area is 200 Å². The first-order chi connectivity index (χ1) is 16.3. The summed E-state index contributed by atoms with van der Waals surface area (Å²) in [6.45, 7) is 3.87. The summed E-state index contributed by atoms with van der Waals surface area (Å²) in [5, 5.41) is 4.03. The number of nitrogens with one attached hydrogen (secondary N) is 2. The van der Waals surface area contributed by atoms with Crippen molar-refractivity contribution in [2.75, 3.05) is 26.0 Å². The molecule has 8 nitrogen and oxygen atoms in total. The topological polar surface area (TPSA) is 95.8 Å². The zero-order chi connectivity index (χ0) is 24.3. The van der Waals surface area contributed by atoms with Crippen LogP contribution in [0.1, 0.15) is 31.7 Å². The number of likely N-dealkylation sites (N-methyl/N-ethyl adjacent to an activating group) is 1. The standard InChI is InChI=1S/C25H31N5O3S/c1-4-5-9-21(27-24-20-8-6-7-10-23(20)34(32,33)28-24)25(31)26-19-11-12-22-18(17-19)13-14-30(22)16-15-29(2)3/h6-8,10-14,17,21H,4-5,9,15-16H2,1-3H3,(H,26,31)(H,27,28)/t21-/m1/s1. The van der Waals surface area contributed by atoms with E-state index < -0.39 is 16.1 Å². The van der Waals surface area contributed by atoms with Gasteiger partial charge in [0.05, 0.1) is 4.90 Å². The maximum atomic E-state index is 13.2. The molecular weight excluding hydrogens is 450 g/mol. The zero-order valence-corrected chi connectivity index (χ0v) is 20.6. The lowest BCUT2D eigenvalue weighted by Crippen LogP contribution is -2.30. The van der Waals surface area contributed by atoms with Crippen molar-refractivity contribution in [1.82, 2.24) is 14.2 Å². The van der Waals surface area contributed by atoms with E-state index in [9.17, 15) is 13.2 Å². The number of fused-ring (bicyclic) bond motifs is 2. The lowest BCUT2D eigenvalue weighted by atomic mass is 10.1. The Morgan fingerprint density at radius 2 is 1.97 bits per heavy atom. The molecule has 0 radical (unpaired) electrons. The van der Waals surface area contributed by atoms with Crippen LogP contribution < -0.4 is 10.0 Å². The van der Waals surface area contributed by atoms with Crippen LogP contribution in [0, 0.1) is 0 Å². The normalized spacial score (nSPS) is 16.5. The van der Waals surface area contributed by atoms with Gasteiger partial charge in [0.1, 0.15) is 11.9 Å². The van der Waals surface area contributed by atoms with Crippen LogP contribution in [0.4, 0.5) is 5.69 Å². The molecule has 0 fully saturated rings. The fourth-order valence-electron chi connectivity index (χ4n) is 4.04. The van der Waals surface area contributed by atoms with Gasteiger partial charge < -0.3 is 14.8 Å². The van der Waals surface area contributed by atoms with Gasteiger partial charge in [-0.15, -0.1) is 0 Å². The van der Waals surface area contributed by atoms with Crippen molar-refractivity contribution < 1.29 is 13.2 Å². The molecule has 0 spiro atoms. The fraction of sp³-hybridized carbons (Fsp3) is 0.360. The second-order valence-corrected chi connectivity index (χ2v) is 10.5. The monoisotopic (exact) mass is 481 g/mol. The maximum Gasteiger partial charge on any atom is 0.263 e. The SMILES string of the molecule is CCCC[C@@H](N=C1NS(=O)(=O)c2ccccc21)C(=O)Nc1ccc2c(ccn2CCN(C)C)c1. The number of unbranched alkanes of at least 4 members (excludes halogenated alkanes) is 1. The molecule has 1 aliphatic heterocycles. The first-order valence-electron chi connectivity index (χ1n) is 11.5. The van der Waals surface area contributed by atoms with Crippen molar-refractivity contribution in [3.8, 4) is 0 Å². The summed E-state index contributed by atoms with van der Waals surface area (Å²) in [6, 6.07) is 13.9. The Kier molecular flexibility index (Phi) is 7.04. The molecule has 1 atom stereocenters. The van der Waals surface area contributed by atoms with Gasteiger partial charge in [-0.2, -0.15) is 0 Å². The summed E-state index contributed by atoms with van der Waals surface area (Å²) in [6.07, 6.45) is 4.29. The van der Waals surface area contributed by atoms with Crippen molar-refractivity contribution in [3.63, 3.8) is 0 Å². The van der Waals surface area contributed by atoms with E-state index in [1.807, 2.05) is 45.3 Å². The van der Waals surface area contributed by atoms with E-state index in [0.717, 1.165) is 36.8 Å². The number of anilines is 1. The molecule has 1 aromatic heterocycles. The van der Waals surface area contributed by atoms with Crippen molar-refractivity contribution in [1.29, 1.82) is 0 Å². The molecule has 9 heteroatoms. The highest BCUT2D eigenvalue weighted by atomic mass is 32.2. The molecule has 0 saturated heterocycles. The van der Waals surface area contributed by atoms with Crippen molar-refractivity contribution in [2.45, 2.75) is 43.7 Å². The molecule has 3 aromatic rings. The molecule has 34 heavy (non-hydrogen) atoms. The van der Waals surface area contributed by atoms with Gasteiger partial charge in [0.25, 0.3) is 10.0 Å². The highest BCUT2D eigenvalue weighted by molar-refractivity contribution is 7.90. The summed E-state index contributed by atoms with van der Waals surface area (Å²) >= 11 is 0. The van der Waals surface area contributed by atoms with E-state index in [0.29, 0.717) is 17.7 Å². The lowest BCUT2D eigenvalue weighted by molar-refractivity contribution is -0.117. The van der Waals surface area contributed by atoms with Crippen LogP contribution in [0.2, 0.25) is 0 Å². The third-order valence-corrected chi connectivity index (χ3v) is 7.31. The molecule has 0 bridgehead atoms. The molecule has 0 unspecified atom stereocenters. The van der Waals surface area contributed by atoms with Gasteiger partial charge in [0.2, 0.25) is 5.91 Å². The van der Waals surface area contributed by atoms with E-state index in [4.69, 9.17) is 0 Å². The summed E-state index contributed by atoms with van der Waals surface area (Å²) in [5.41, 5.74) is 2.30. The second kappa shape index (κ2) is 9.99. The molecule has 4 rings (SSSR count). The fourth-order valence-corrected chi connectivity index (χ4v) is 5.28. The predicted molar refractivity (Wildman–Crippen MR) is 136 cm³/mol. The minimum Gasteiger partial charge on any atom is -0.346 e. The van der Waals surface area contributed by atoms with Gasteiger partial charge in [-0.25, -0.2) is 8.42 Å². The van der Waals surface area contributed by atoms with Crippen LogP contribution in [0.5, 0.6) is 0 Å². The largest absolute Gasteiger partial charge is 0.346 e. The first kappa shape index (κ1) is 24.0. The number of amidine groups is 1. The molecule has 1 aliphatic rings. The molecule has 0 aliphatic carbocycles. The summed E-state index contributed by atoms with van der Waals surface area (Å²) in [7, 11) is 0.441. The Hall–Kier alpha value is -3.17. The molecule has 1 amide bonds. The highest BCUT2D eigenvalue weighted by Gasteiger charge is 2.31. The number of rotatable bonds is 9. The lowest BCUT2D eigenvalue weighted by Gasteiger charge is -2.14. The Morgan fingerprint density at radius 1 is 1.18 bits per heavy atom. The summed E-state index contributed by atoms with van der Waals surface area (Å²) in [4.78, 5) is 20.1. The number of carbonyl (C=O) groups excluding carboxylic acids is 1. The van der Waals surface area contributed by atoms with Crippen molar-refractivity contribution in [2.24, 2.45) is 4.99 Å². The summed E-state index contributed by atoms with van der Waals surface area (Å²) < 4.78 is 29.6. The number of amides is 1. The van der Waals surface area contributed by atoms with Gasteiger partial charge in [-0.3, -0.25) is 14.5 Å². The van der Waals surface area contributed by atoms with Crippen molar-refractivity contribution in [3.05, 3.63) is 60.3 Å². The number of hydrogen-bond acceptors (Lipinski definition) is 5. The number of sulfonamides is 1. The van der Waals surface area contributed by atoms with Crippen LogP contribution in [-0.4, -0.2) is 56.3 Å². The number of nitrogens with zero attached hydrogens (tertiary/aromatic N) is 3. The smallest absolute Gasteiger partial charge is 0.263 e. The van der Waals surface area contributed by atoms with E-state index in [2.05, 4.69) is 30.7 Å². The van der Waals surface area contributed by atoms with Gasteiger partial charge in [0.15, 0.2) is 0 Å². The Morgan fingerprint density at radius 3 is 2.74 bits per heavy atom. The van der Waals surface area contributed by atoms with Crippen LogP contribution >= 0.6 is 0 Å². The van der Waals surface area contributed by atoms with Gasteiger partial charge in [-0.05, 0) is 56.9 Å². The van der Waals surface area contributed by atoms with Gasteiger partial charge >= 0.3 is 0 Å². The van der Waals surface area contributed by atoms with Crippen molar-refractivity contribution >= 4 is 38.4 Å². The van der Waals surface area contributed by atoms with E-state index in [1.54, 1.807) is 24.3 Å². The number of benzene rings is 2. The molecule has 2 aromatic carbocycles. The third kappa shape index (κ3) is 5.15. The first-order valence-corrected chi connectivity index (χ1v) is 13.0. The highest BCUT2D eigenvalue weighted by Crippen LogP contribution is 2.24. The quantitative estimate of drug-likeness (QED) is 0.489. The second-order valence-electron chi connectivity index (χ2n) is 8.81. The zero-order valence-electron chi connectivity index (χ0n) is 19.8. The van der Waals surface area contributed by atoms with E-state index in [1.165, 1.54) is 0 Å². The average molecular weight is 482 g/mol. The molecule has 2 heterocycles. The van der Waals surface area contributed by atoms with E-state index in [-0.39, 0.29) is 16.6 Å². The Balaban J connectivity index is 1.56. The third-order valence-electron chi connectivity index (χ3n) is 5.91. The van der Waals surface area contributed by atoms with Crippen LogP contribution in [0.15, 0.2) is 64.6 Å². The number of carbonyl (C=O) groups is 1. The predicted octanol–water partition coefficient (Wildman–Crippen LogP) is 3.44. The minimum atomic E-state index is -3.66. The minimum absolute atomic E-state index is 0.188. The van der Waals surface area contributed by atoms with Crippen LogP contribution in [0.3, 0.4) is 0 Å². The summed E-state index contributed by atoms with van der Waals surface area (Å²) in [5.74, 6) is -0.0313. The average Bonchev–Trinajstić information content (AvgIpc) is 3.32. The number of hydrogen-bond donors (Lipinski definition) is 2. The molecular formula is C25H31N5O3S. The van der Waals surface area contributed by atoms with Crippen LogP contribution in [-0.2, 0) is 21.4 Å². The maximum absolute atomic E-state index is 13.2. The number of aromatic nitrogens is 1.